The van der Waals surface area contributed by atoms with Gasteiger partial charge in [0, 0.05) is 19.5 Å². The highest BCUT2D eigenvalue weighted by Gasteiger charge is 2.15. The fourth-order valence-electron chi connectivity index (χ4n) is 2.88. The molecule has 0 radical (unpaired) electrons. The predicted octanol–water partition coefficient (Wildman–Crippen LogP) is 4.02. The van der Waals surface area contributed by atoms with E-state index in [9.17, 15) is 4.79 Å². The van der Waals surface area contributed by atoms with E-state index < -0.39 is 0 Å². The molecule has 0 unspecified atom stereocenters. The Balaban J connectivity index is 1.42. The van der Waals surface area contributed by atoms with Crippen LogP contribution in [-0.2, 0) is 11.2 Å². The van der Waals surface area contributed by atoms with Crippen LogP contribution in [0.2, 0.25) is 0 Å². The standard InChI is InChI=1S/C17H22N2OS/c20-17(19-12-6-1-7-13-19)11-5-4-10-16-18-14-8-2-3-9-15(14)21-16/h2-3,8-9H,1,4-7,10-13H2. The van der Waals surface area contributed by atoms with Crippen LogP contribution in [0.4, 0.5) is 0 Å². The second kappa shape index (κ2) is 7.03. The molecular formula is C17H22N2OS. The Morgan fingerprint density at radius 3 is 2.76 bits per heavy atom. The largest absolute Gasteiger partial charge is 0.343 e. The normalized spacial score (nSPS) is 15.5. The van der Waals surface area contributed by atoms with Crippen molar-refractivity contribution in [1.82, 2.24) is 9.88 Å². The summed E-state index contributed by atoms with van der Waals surface area (Å²) >= 11 is 1.78. The van der Waals surface area contributed by atoms with Crippen molar-refractivity contribution in [1.29, 1.82) is 0 Å². The van der Waals surface area contributed by atoms with Crippen molar-refractivity contribution < 1.29 is 4.79 Å². The van der Waals surface area contributed by atoms with E-state index in [1.54, 1.807) is 11.3 Å². The number of nitrogens with zero attached hydrogens (tertiary/aromatic N) is 2. The molecule has 3 rings (SSSR count). The number of likely N-dealkylation sites (tertiary alicyclic amines) is 1. The van der Waals surface area contributed by atoms with Crippen LogP contribution in [-0.4, -0.2) is 28.9 Å². The molecule has 1 saturated heterocycles. The summed E-state index contributed by atoms with van der Waals surface area (Å²) in [5.41, 5.74) is 1.10. The van der Waals surface area contributed by atoms with Gasteiger partial charge >= 0.3 is 0 Å². The zero-order valence-corrected chi connectivity index (χ0v) is 13.2. The number of aromatic nitrogens is 1. The van der Waals surface area contributed by atoms with E-state index >= 15 is 0 Å². The van der Waals surface area contributed by atoms with E-state index in [-0.39, 0.29) is 0 Å². The maximum atomic E-state index is 12.1. The van der Waals surface area contributed by atoms with Crippen LogP contribution in [0.1, 0.15) is 43.5 Å². The first kappa shape index (κ1) is 14.5. The Kier molecular flexibility index (Phi) is 4.86. The summed E-state index contributed by atoms with van der Waals surface area (Å²) in [6.45, 7) is 1.94. The van der Waals surface area contributed by atoms with E-state index in [1.807, 2.05) is 11.0 Å². The molecule has 1 aliphatic heterocycles. The van der Waals surface area contributed by atoms with Gasteiger partial charge in [0.1, 0.15) is 0 Å². The van der Waals surface area contributed by atoms with E-state index in [0.29, 0.717) is 12.3 Å². The number of benzene rings is 1. The van der Waals surface area contributed by atoms with Crippen LogP contribution in [0.3, 0.4) is 0 Å². The number of unbranched alkanes of at least 4 members (excludes halogenated alkanes) is 1. The SMILES string of the molecule is O=C(CCCCc1nc2ccccc2s1)N1CCCCC1. The fraction of sp³-hybridized carbons (Fsp3) is 0.529. The summed E-state index contributed by atoms with van der Waals surface area (Å²) in [7, 11) is 0. The number of rotatable bonds is 5. The Morgan fingerprint density at radius 2 is 1.95 bits per heavy atom. The molecule has 1 aromatic heterocycles. The molecular weight excluding hydrogens is 280 g/mol. The van der Waals surface area contributed by atoms with Crippen LogP contribution in [0.5, 0.6) is 0 Å². The zero-order valence-electron chi connectivity index (χ0n) is 12.4. The van der Waals surface area contributed by atoms with Crippen molar-refractivity contribution in [2.24, 2.45) is 0 Å². The van der Waals surface area contributed by atoms with Crippen LogP contribution in [0.25, 0.3) is 10.2 Å². The van der Waals surface area contributed by atoms with Gasteiger partial charge in [-0.15, -0.1) is 11.3 Å². The van der Waals surface area contributed by atoms with Gasteiger partial charge in [0.2, 0.25) is 5.91 Å². The number of carbonyl (C=O) groups is 1. The summed E-state index contributed by atoms with van der Waals surface area (Å²) in [6.07, 6.45) is 7.36. The number of para-hydroxylation sites is 1. The third-order valence-corrected chi connectivity index (χ3v) is 5.17. The van der Waals surface area contributed by atoms with Crippen LogP contribution >= 0.6 is 11.3 Å². The van der Waals surface area contributed by atoms with Gasteiger partial charge in [0.25, 0.3) is 0 Å². The summed E-state index contributed by atoms with van der Waals surface area (Å²) in [6, 6.07) is 8.27. The van der Waals surface area contributed by atoms with Gasteiger partial charge in [0.05, 0.1) is 15.2 Å². The van der Waals surface area contributed by atoms with E-state index in [0.717, 1.165) is 37.9 Å². The summed E-state index contributed by atoms with van der Waals surface area (Å²) in [5.74, 6) is 0.346. The average Bonchev–Trinajstić information content (AvgIpc) is 2.95. The minimum atomic E-state index is 0.346. The van der Waals surface area contributed by atoms with Gasteiger partial charge in [-0.05, 0) is 50.7 Å². The smallest absolute Gasteiger partial charge is 0.222 e. The molecule has 2 heterocycles. The number of piperidine rings is 1. The number of hydrogen-bond acceptors (Lipinski definition) is 3. The molecule has 0 aliphatic carbocycles. The molecule has 2 aromatic rings. The van der Waals surface area contributed by atoms with Gasteiger partial charge in [-0.2, -0.15) is 0 Å². The number of hydrogen-bond donors (Lipinski definition) is 0. The third-order valence-electron chi connectivity index (χ3n) is 4.08. The monoisotopic (exact) mass is 302 g/mol. The zero-order chi connectivity index (χ0) is 14.5. The van der Waals surface area contributed by atoms with Crippen molar-refractivity contribution in [3.05, 3.63) is 29.3 Å². The van der Waals surface area contributed by atoms with E-state index in [1.165, 1.54) is 29.0 Å². The van der Waals surface area contributed by atoms with Gasteiger partial charge in [-0.3, -0.25) is 4.79 Å². The predicted molar refractivity (Wildman–Crippen MR) is 87.6 cm³/mol. The second-order valence-electron chi connectivity index (χ2n) is 5.72. The first-order chi connectivity index (χ1) is 10.3. The Morgan fingerprint density at radius 1 is 1.14 bits per heavy atom. The highest BCUT2D eigenvalue weighted by molar-refractivity contribution is 7.18. The minimum Gasteiger partial charge on any atom is -0.343 e. The molecule has 1 amide bonds. The van der Waals surface area contributed by atoms with Crippen LogP contribution in [0.15, 0.2) is 24.3 Å². The molecule has 1 fully saturated rings. The lowest BCUT2D eigenvalue weighted by Gasteiger charge is -2.26. The van der Waals surface area contributed by atoms with Crippen molar-refractivity contribution >= 4 is 27.5 Å². The van der Waals surface area contributed by atoms with Gasteiger partial charge in [-0.25, -0.2) is 4.98 Å². The number of aryl methyl sites for hydroxylation is 1. The number of carbonyl (C=O) groups excluding carboxylic acids is 1. The van der Waals surface area contributed by atoms with E-state index in [2.05, 4.69) is 23.2 Å². The Labute approximate surface area is 130 Å². The topological polar surface area (TPSA) is 33.2 Å². The van der Waals surface area contributed by atoms with Crippen molar-refractivity contribution in [2.75, 3.05) is 13.1 Å². The number of thiazole rings is 1. The first-order valence-corrected chi connectivity index (χ1v) is 8.77. The highest BCUT2D eigenvalue weighted by atomic mass is 32.1. The van der Waals surface area contributed by atoms with Crippen LogP contribution < -0.4 is 0 Å². The minimum absolute atomic E-state index is 0.346. The molecule has 0 bridgehead atoms. The van der Waals surface area contributed by atoms with Crippen molar-refractivity contribution in [3.8, 4) is 0 Å². The molecule has 3 nitrogen and oxygen atoms in total. The van der Waals surface area contributed by atoms with Crippen molar-refractivity contribution in [2.45, 2.75) is 44.9 Å². The molecule has 4 heteroatoms. The molecule has 0 N–H and O–H groups in total. The van der Waals surface area contributed by atoms with E-state index in [4.69, 9.17) is 0 Å². The molecule has 1 aliphatic rings. The van der Waals surface area contributed by atoms with Crippen molar-refractivity contribution in [3.63, 3.8) is 0 Å². The molecule has 0 saturated carbocycles. The average molecular weight is 302 g/mol. The summed E-state index contributed by atoms with van der Waals surface area (Å²) in [4.78, 5) is 18.7. The molecule has 21 heavy (non-hydrogen) atoms. The first-order valence-electron chi connectivity index (χ1n) is 7.95. The lowest BCUT2D eigenvalue weighted by Crippen LogP contribution is -2.35. The second-order valence-corrected chi connectivity index (χ2v) is 6.84. The van der Waals surface area contributed by atoms with Gasteiger partial charge in [-0.1, -0.05) is 12.1 Å². The number of amides is 1. The lowest BCUT2D eigenvalue weighted by molar-refractivity contribution is -0.132. The third kappa shape index (κ3) is 3.82. The molecule has 112 valence electrons. The number of fused-ring (bicyclic) bond motifs is 1. The fourth-order valence-corrected chi connectivity index (χ4v) is 3.89. The van der Waals surface area contributed by atoms with Crippen LogP contribution in [0, 0.1) is 0 Å². The van der Waals surface area contributed by atoms with Gasteiger partial charge < -0.3 is 4.90 Å². The Bertz CT molecular complexity index is 569. The molecule has 0 atom stereocenters. The quantitative estimate of drug-likeness (QED) is 0.782. The lowest BCUT2D eigenvalue weighted by atomic mass is 10.1. The molecule has 1 aromatic carbocycles. The molecule has 0 spiro atoms. The summed E-state index contributed by atoms with van der Waals surface area (Å²) < 4.78 is 1.26. The maximum Gasteiger partial charge on any atom is 0.222 e. The van der Waals surface area contributed by atoms with Gasteiger partial charge in [0.15, 0.2) is 0 Å². The summed E-state index contributed by atoms with van der Waals surface area (Å²) in [5, 5.41) is 1.20. The Hall–Kier alpha value is -1.42. The highest BCUT2D eigenvalue weighted by Crippen LogP contribution is 2.23. The maximum absolute atomic E-state index is 12.1.